The Morgan fingerprint density at radius 2 is 0.722 bits per heavy atom. The van der Waals surface area contributed by atoms with Crippen LogP contribution >= 0.6 is 0 Å². The zero-order valence-electron chi connectivity index (χ0n) is 52.2. The number of unbranched alkanes of at least 4 members (excludes halogenated alkanes) is 34. The first-order valence-electron chi connectivity index (χ1n) is 33.1. The van der Waals surface area contributed by atoms with E-state index in [1.54, 1.807) is 0 Å². The number of aliphatic carboxylic acids is 1. The average molecular weight is 1110 g/mol. The molecule has 0 saturated heterocycles. The molecule has 0 aromatic rings. The van der Waals surface area contributed by atoms with Gasteiger partial charge in [0.1, 0.15) is 13.2 Å². The minimum Gasteiger partial charge on any atom is -0.545 e. The summed E-state index contributed by atoms with van der Waals surface area (Å²) in [6.45, 7) is 4.66. The van der Waals surface area contributed by atoms with Crippen LogP contribution in [0.2, 0.25) is 0 Å². The van der Waals surface area contributed by atoms with Crippen LogP contribution in [0.15, 0.2) is 72.9 Å². The molecular formula is C70H125NO8. The molecule has 2 atom stereocenters. The monoisotopic (exact) mass is 1110 g/mol. The molecule has 0 radical (unpaired) electrons. The fraction of sp³-hybridized carbons (Fsp3) is 0.786. The number of carbonyl (C=O) groups is 3. The van der Waals surface area contributed by atoms with Crippen LogP contribution in [0.4, 0.5) is 0 Å². The number of likely N-dealkylation sites (N-methyl/N-ethyl adjacent to an activating group) is 1. The topological polar surface area (TPSA) is 111 Å². The van der Waals surface area contributed by atoms with Gasteiger partial charge in [0.05, 0.1) is 40.3 Å². The first-order valence-corrected chi connectivity index (χ1v) is 33.1. The van der Waals surface area contributed by atoms with E-state index in [9.17, 15) is 19.5 Å². The second-order valence-corrected chi connectivity index (χ2v) is 23.4. The highest BCUT2D eigenvalue weighted by molar-refractivity contribution is 5.70. The van der Waals surface area contributed by atoms with Gasteiger partial charge in [0, 0.05) is 12.8 Å². The van der Waals surface area contributed by atoms with E-state index < -0.39 is 24.3 Å². The van der Waals surface area contributed by atoms with E-state index >= 15 is 0 Å². The van der Waals surface area contributed by atoms with Crippen LogP contribution < -0.4 is 5.11 Å². The van der Waals surface area contributed by atoms with E-state index in [-0.39, 0.29) is 38.6 Å². The van der Waals surface area contributed by atoms with Crippen LogP contribution in [-0.2, 0) is 33.3 Å². The standard InChI is InChI=1S/C70H125NO8/c1-6-8-10-12-14-16-18-20-22-24-26-28-30-31-32-33-34-35-36-37-39-41-43-45-47-49-51-53-55-57-59-61-68(73)79-66(65-78-70(69(74)75)76-63-62-71(3,4)5)64-77-67(72)60-58-56-54-52-50-48-46-44-42-40-38-29-27-25-23-21-19-17-15-13-11-9-7-2/h8,10,14,16,19-22,25-28,66,70H,6-7,9,11-13,15,17-18,23-24,29-65H2,1-5H3/b10-8-,16-14-,21-19-,22-20-,27-25-,28-26-. The first-order chi connectivity index (χ1) is 38.6. The Labute approximate surface area is 487 Å². The first kappa shape index (κ1) is 75.7. The van der Waals surface area contributed by atoms with Crippen molar-refractivity contribution in [1.29, 1.82) is 0 Å². The lowest BCUT2D eigenvalue weighted by Gasteiger charge is -2.26. The molecule has 9 nitrogen and oxygen atoms in total. The predicted octanol–water partition coefficient (Wildman–Crippen LogP) is 18.8. The maximum absolute atomic E-state index is 12.9. The Balaban J connectivity index is 4.12. The molecule has 0 aliphatic carbocycles. The van der Waals surface area contributed by atoms with E-state index in [1.165, 1.54) is 199 Å². The van der Waals surface area contributed by atoms with E-state index in [0.29, 0.717) is 17.4 Å². The summed E-state index contributed by atoms with van der Waals surface area (Å²) in [4.78, 5) is 37.4. The summed E-state index contributed by atoms with van der Waals surface area (Å²) in [5.74, 6) is -2.27. The van der Waals surface area contributed by atoms with Gasteiger partial charge in [-0.1, -0.05) is 273 Å². The lowest BCUT2D eigenvalue weighted by Crippen LogP contribution is -2.44. The maximum Gasteiger partial charge on any atom is 0.306 e. The van der Waals surface area contributed by atoms with Crippen molar-refractivity contribution in [3.8, 4) is 0 Å². The highest BCUT2D eigenvalue weighted by atomic mass is 16.7. The molecule has 0 spiro atoms. The molecule has 0 aliphatic rings. The number of quaternary nitrogens is 1. The summed E-state index contributed by atoms with van der Waals surface area (Å²) in [6, 6.07) is 0. The fourth-order valence-corrected chi connectivity index (χ4v) is 9.38. The Morgan fingerprint density at radius 1 is 0.392 bits per heavy atom. The molecule has 0 aliphatic heterocycles. The van der Waals surface area contributed by atoms with Crippen molar-refractivity contribution >= 4 is 17.9 Å². The zero-order valence-corrected chi connectivity index (χ0v) is 52.2. The quantitative estimate of drug-likeness (QED) is 0.0195. The van der Waals surface area contributed by atoms with E-state index in [4.69, 9.17) is 18.9 Å². The zero-order chi connectivity index (χ0) is 57.6. The summed E-state index contributed by atoms with van der Waals surface area (Å²) >= 11 is 0. The largest absolute Gasteiger partial charge is 0.545 e. The number of hydrogen-bond acceptors (Lipinski definition) is 8. The van der Waals surface area contributed by atoms with Crippen molar-refractivity contribution < 1.29 is 42.9 Å². The molecule has 0 N–H and O–H groups in total. The van der Waals surface area contributed by atoms with Crippen LogP contribution in [0.5, 0.6) is 0 Å². The summed E-state index contributed by atoms with van der Waals surface area (Å²) in [7, 11) is 5.93. The van der Waals surface area contributed by atoms with E-state index in [2.05, 4.69) is 86.8 Å². The molecule has 0 amide bonds. The number of nitrogens with zero attached hydrogens (tertiary/aromatic N) is 1. The lowest BCUT2D eigenvalue weighted by molar-refractivity contribution is -0.870. The van der Waals surface area contributed by atoms with Gasteiger partial charge in [-0.25, -0.2) is 0 Å². The summed E-state index contributed by atoms with van der Waals surface area (Å²) < 4.78 is 22.8. The number of ether oxygens (including phenoxy) is 4. The minimum atomic E-state index is -1.62. The molecular weight excluding hydrogens is 983 g/mol. The molecule has 458 valence electrons. The van der Waals surface area contributed by atoms with Gasteiger partial charge < -0.3 is 33.3 Å². The maximum atomic E-state index is 12.9. The van der Waals surface area contributed by atoms with Crippen LogP contribution in [0, 0.1) is 0 Å². The number of hydrogen-bond donors (Lipinski definition) is 0. The third-order valence-corrected chi connectivity index (χ3v) is 14.4. The Morgan fingerprint density at radius 3 is 1.08 bits per heavy atom. The predicted molar refractivity (Wildman–Crippen MR) is 334 cm³/mol. The van der Waals surface area contributed by atoms with E-state index in [0.717, 1.165) is 64.2 Å². The van der Waals surface area contributed by atoms with Crippen LogP contribution in [0.1, 0.15) is 296 Å². The molecule has 0 heterocycles. The number of allylic oxidation sites excluding steroid dienone is 12. The molecule has 0 aromatic carbocycles. The normalized spacial score (nSPS) is 13.2. The Hall–Kier alpha value is -3.27. The van der Waals surface area contributed by atoms with E-state index in [1.807, 2.05) is 21.1 Å². The molecule has 0 fully saturated rings. The molecule has 2 unspecified atom stereocenters. The minimum absolute atomic E-state index is 0.147. The van der Waals surface area contributed by atoms with Crippen LogP contribution in [-0.4, -0.2) is 82.3 Å². The van der Waals surface area contributed by atoms with Crippen LogP contribution in [0.3, 0.4) is 0 Å². The summed E-state index contributed by atoms with van der Waals surface area (Å²) in [6.07, 6.45) is 76.8. The van der Waals surface area contributed by atoms with Crippen molar-refractivity contribution in [2.45, 2.75) is 309 Å². The Bertz CT molecular complexity index is 1520. The number of carboxylic acid groups (broad SMARTS) is 1. The molecule has 0 bridgehead atoms. The Kier molecular flexibility index (Phi) is 58.3. The fourth-order valence-electron chi connectivity index (χ4n) is 9.38. The van der Waals surface area contributed by atoms with Crippen LogP contribution in [0.25, 0.3) is 0 Å². The lowest BCUT2D eigenvalue weighted by atomic mass is 10.0. The molecule has 0 rings (SSSR count). The third kappa shape index (κ3) is 62.2. The average Bonchev–Trinajstić information content (AvgIpc) is 3.42. The van der Waals surface area contributed by atoms with Crippen molar-refractivity contribution in [3.63, 3.8) is 0 Å². The number of esters is 2. The molecule has 0 aromatic heterocycles. The number of carbonyl (C=O) groups excluding carboxylic acids is 3. The second kappa shape index (κ2) is 60.8. The smallest absolute Gasteiger partial charge is 0.306 e. The van der Waals surface area contributed by atoms with Crippen molar-refractivity contribution in [1.82, 2.24) is 0 Å². The van der Waals surface area contributed by atoms with Gasteiger partial charge in [-0.05, 0) is 83.5 Å². The van der Waals surface area contributed by atoms with Gasteiger partial charge >= 0.3 is 11.9 Å². The summed E-state index contributed by atoms with van der Waals surface area (Å²) in [5.41, 5.74) is 0. The van der Waals surface area contributed by atoms with Gasteiger partial charge in [-0.3, -0.25) is 9.59 Å². The van der Waals surface area contributed by atoms with Crippen molar-refractivity contribution in [2.24, 2.45) is 0 Å². The molecule has 0 saturated carbocycles. The second-order valence-electron chi connectivity index (χ2n) is 23.4. The SMILES string of the molecule is CC/C=C\C/C=C\C/C=C\C/C=C\CCCCCCCCCCCCCCCCCCCCC(=O)OC(COC(=O)CCCCCCCCCCCCC/C=C\C/C=C\CCCCCCC)COC(OCC[N+](C)(C)C)C(=O)[O-]. The number of rotatable bonds is 61. The van der Waals surface area contributed by atoms with Crippen molar-refractivity contribution in [2.75, 3.05) is 47.5 Å². The summed E-state index contributed by atoms with van der Waals surface area (Å²) in [5, 5.41) is 11.8. The van der Waals surface area contributed by atoms with Gasteiger partial charge in [0.15, 0.2) is 12.4 Å². The molecule has 9 heteroatoms. The van der Waals surface area contributed by atoms with Gasteiger partial charge in [-0.15, -0.1) is 0 Å². The third-order valence-electron chi connectivity index (χ3n) is 14.4. The molecule has 79 heavy (non-hydrogen) atoms. The highest BCUT2D eigenvalue weighted by Crippen LogP contribution is 2.17. The highest BCUT2D eigenvalue weighted by Gasteiger charge is 2.22. The van der Waals surface area contributed by atoms with Crippen molar-refractivity contribution in [3.05, 3.63) is 72.9 Å². The van der Waals surface area contributed by atoms with Gasteiger partial charge in [0.2, 0.25) is 0 Å². The van der Waals surface area contributed by atoms with Gasteiger partial charge in [0.25, 0.3) is 0 Å². The van der Waals surface area contributed by atoms with Gasteiger partial charge in [-0.2, -0.15) is 0 Å². The number of carboxylic acids is 1.